The fraction of sp³-hybridized carbons (Fsp3) is 0. The fourth-order valence-corrected chi connectivity index (χ4v) is 2.38. The zero-order valence-corrected chi connectivity index (χ0v) is 8.76. The Balaban J connectivity index is 2.59. The number of nitrogens with one attached hydrogen (secondary N) is 1. The number of carbonyl (C=O) groups is 1. The van der Waals surface area contributed by atoms with E-state index >= 15 is 0 Å². The summed E-state index contributed by atoms with van der Waals surface area (Å²) >= 11 is 3.39. The lowest BCUT2D eigenvalue weighted by molar-refractivity contribution is 0.103. The van der Waals surface area contributed by atoms with Crippen molar-refractivity contribution in [2.45, 2.75) is 0 Å². The third kappa shape index (κ3) is 0.876. The van der Waals surface area contributed by atoms with E-state index in [-0.39, 0.29) is 5.91 Å². The third-order valence-corrected chi connectivity index (χ3v) is 3.13. The highest BCUT2D eigenvalue weighted by atomic mass is 79.9. The van der Waals surface area contributed by atoms with Crippen molar-refractivity contribution in [3.05, 3.63) is 40.4 Å². The second-order valence-electron chi connectivity index (χ2n) is 3.28. The van der Waals surface area contributed by atoms with Crippen molar-refractivity contribution < 1.29 is 4.79 Å². The second-order valence-corrected chi connectivity index (χ2v) is 4.13. The number of halogens is 1. The Bertz CT molecular complexity index is 562. The Morgan fingerprint density at radius 2 is 2.00 bits per heavy atom. The molecule has 0 bridgehead atoms. The molecule has 1 heterocycles. The minimum atomic E-state index is -0.0244. The Morgan fingerprint density at radius 3 is 2.86 bits per heavy atom. The Labute approximate surface area is 89.1 Å². The highest BCUT2D eigenvalue weighted by molar-refractivity contribution is 9.10. The van der Waals surface area contributed by atoms with Gasteiger partial charge < -0.3 is 5.32 Å². The van der Waals surface area contributed by atoms with E-state index in [2.05, 4.69) is 21.2 Å². The molecular weight excluding hydrogens is 242 g/mol. The third-order valence-electron chi connectivity index (χ3n) is 2.47. The summed E-state index contributed by atoms with van der Waals surface area (Å²) in [6.45, 7) is 0. The number of carbonyl (C=O) groups excluding carboxylic acids is 1. The molecule has 3 rings (SSSR count). The molecule has 1 aliphatic heterocycles. The van der Waals surface area contributed by atoms with E-state index in [1.54, 1.807) is 0 Å². The molecule has 0 radical (unpaired) electrons. The number of amides is 1. The van der Waals surface area contributed by atoms with E-state index in [1.165, 1.54) is 0 Å². The molecule has 1 amide bonds. The van der Waals surface area contributed by atoms with Gasteiger partial charge in [-0.25, -0.2) is 0 Å². The number of anilines is 1. The topological polar surface area (TPSA) is 29.1 Å². The molecule has 68 valence electrons. The summed E-state index contributed by atoms with van der Waals surface area (Å²) in [5.41, 5.74) is 1.65. The first-order valence-corrected chi connectivity index (χ1v) is 5.09. The molecule has 1 aliphatic rings. The van der Waals surface area contributed by atoms with Crippen LogP contribution in [0, 0.1) is 0 Å². The quantitative estimate of drug-likeness (QED) is 0.762. The number of hydrogen-bond acceptors (Lipinski definition) is 1. The molecule has 3 heteroatoms. The second kappa shape index (κ2) is 2.58. The molecule has 14 heavy (non-hydrogen) atoms. The van der Waals surface area contributed by atoms with Gasteiger partial charge in [0.05, 0.1) is 5.56 Å². The van der Waals surface area contributed by atoms with Crippen molar-refractivity contribution in [1.82, 2.24) is 0 Å². The Morgan fingerprint density at radius 1 is 1.14 bits per heavy atom. The molecule has 1 N–H and O–H groups in total. The van der Waals surface area contributed by atoms with Gasteiger partial charge >= 0.3 is 0 Å². The van der Waals surface area contributed by atoms with Crippen molar-refractivity contribution in [1.29, 1.82) is 0 Å². The summed E-state index contributed by atoms with van der Waals surface area (Å²) in [7, 11) is 0. The first kappa shape index (κ1) is 8.00. The van der Waals surface area contributed by atoms with Gasteiger partial charge in [0.25, 0.3) is 5.91 Å². The molecule has 2 nitrogen and oxygen atoms in total. The molecule has 0 aromatic heterocycles. The van der Waals surface area contributed by atoms with Gasteiger partial charge in [-0.3, -0.25) is 4.79 Å². The van der Waals surface area contributed by atoms with E-state index in [9.17, 15) is 4.79 Å². The average Bonchev–Trinajstić information content (AvgIpc) is 2.51. The fourth-order valence-electron chi connectivity index (χ4n) is 1.86. The molecule has 0 unspecified atom stereocenters. The molecule has 0 saturated carbocycles. The van der Waals surface area contributed by atoms with E-state index in [0.29, 0.717) is 0 Å². The number of hydrogen-bond donors (Lipinski definition) is 1. The van der Waals surface area contributed by atoms with E-state index in [1.807, 2.05) is 30.3 Å². The molecule has 0 atom stereocenters. The molecule has 2 aromatic carbocycles. The maximum absolute atomic E-state index is 11.6. The average molecular weight is 248 g/mol. The summed E-state index contributed by atoms with van der Waals surface area (Å²) < 4.78 is 0.854. The van der Waals surface area contributed by atoms with Crippen LogP contribution in [-0.2, 0) is 0 Å². The van der Waals surface area contributed by atoms with Crippen LogP contribution < -0.4 is 5.32 Å². The van der Waals surface area contributed by atoms with Crippen LogP contribution in [0.15, 0.2) is 34.8 Å². The lowest BCUT2D eigenvalue weighted by atomic mass is 10.1. The molecule has 0 fully saturated rings. The monoisotopic (exact) mass is 247 g/mol. The van der Waals surface area contributed by atoms with Gasteiger partial charge in [0.1, 0.15) is 0 Å². The zero-order chi connectivity index (χ0) is 9.71. The van der Waals surface area contributed by atoms with Crippen LogP contribution in [0.4, 0.5) is 5.69 Å². The molecular formula is C11H6BrNO. The lowest BCUT2D eigenvalue weighted by Gasteiger charge is -1.99. The normalized spacial score (nSPS) is 13.4. The van der Waals surface area contributed by atoms with E-state index in [0.717, 1.165) is 26.5 Å². The van der Waals surface area contributed by atoms with Gasteiger partial charge in [0.2, 0.25) is 0 Å². The van der Waals surface area contributed by atoms with Gasteiger partial charge in [-0.05, 0) is 33.4 Å². The molecule has 0 saturated heterocycles. The SMILES string of the molecule is O=C1Nc2cccc3ccc(Br)c1c23. The van der Waals surface area contributed by atoms with Crippen molar-refractivity contribution in [3.63, 3.8) is 0 Å². The largest absolute Gasteiger partial charge is 0.321 e. The molecule has 2 aromatic rings. The van der Waals surface area contributed by atoms with Crippen LogP contribution in [0.1, 0.15) is 10.4 Å². The van der Waals surface area contributed by atoms with Gasteiger partial charge in [-0.15, -0.1) is 0 Å². The summed E-state index contributed by atoms with van der Waals surface area (Å²) in [6.07, 6.45) is 0. The predicted molar refractivity (Wildman–Crippen MR) is 59.6 cm³/mol. The van der Waals surface area contributed by atoms with Gasteiger partial charge in [0.15, 0.2) is 0 Å². The molecule has 0 aliphatic carbocycles. The summed E-state index contributed by atoms with van der Waals surface area (Å²) in [6, 6.07) is 9.79. The first-order valence-electron chi connectivity index (χ1n) is 4.30. The Kier molecular flexibility index (Phi) is 1.47. The Hall–Kier alpha value is -1.35. The van der Waals surface area contributed by atoms with Crippen LogP contribution in [0.3, 0.4) is 0 Å². The van der Waals surface area contributed by atoms with Crippen LogP contribution in [0.2, 0.25) is 0 Å². The van der Waals surface area contributed by atoms with Crippen LogP contribution in [0.5, 0.6) is 0 Å². The first-order chi connectivity index (χ1) is 6.77. The maximum atomic E-state index is 11.6. The van der Waals surface area contributed by atoms with Crippen molar-refractivity contribution in [2.75, 3.05) is 5.32 Å². The van der Waals surface area contributed by atoms with Gasteiger partial charge in [0, 0.05) is 15.5 Å². The number of rotatable bonds is 0. The van der Waals surface area contributed by atoms with Crippen molar-refractivity contribution >= 4 is 38.3 Å². The summed E-state index contributed by atoms with van der Waals surface area (Å²) in [5, 5.41) is 4.96. The molecule has 0 spiro atoms. The lowest BCUT2D eigenvalue weighted by Crippen LogP contribution is -2.04. The highest BCUT2D eigenvalue weighted by Gasteiger charge is 2.23. The smallest absolute Gasteiger partial charge is 0.257 e. The highest BCUT2D eigenvalue weighted by Crippen LogP contribution is 2.36. The standard InChI is InChI=1S/C11H6BrNO/c12-7-5-4-6-2-1-3-8-9(6)10(7)11(14)13-8/h1-5H,(H,13,14). The van der Waals surface area contributed by atoms with E-state index < -0.39 is 0 Å². The van der Waals surface area contributed by atoms with Crippen molar-refractivity contribution in [2.24, 2.45) is 0 Å². The van der Waals surface area contributed by atoms with Crippen LogP contribution in [-0.4, -0.2) is 5.91 Å². The van der Waals surface area contributed by atoms with E-state index in [4.69, 9.17) is 0 Å². The van der Waals surface area contributed by atoms with Crippen LogP contribution in [0.25, 0.3) is 10.8 Å². The number of benzene rings is 2. The minimum absolute atomic E-state index is 0.0244. The summed E-state index contributed by atoms with van der Waals surface area (Å²) in [4.78, 5) is 11.6. The summed E-state index contributed by atoms with van der Waals surface area (Å²) in [5.74, 6) is -0.0244. The maximum Gasteiger partial charge on any atom is 0.257 e. The van der Waals surface area contributed by atoms with Gasteiger partial charge in [-0.2, -0.15) is 0 Å². The zero-order valence-electron chi connectivity index (χ0n) is 7.17. The van der Waals surface area contributed by atoms with Crippen molar-refractivity contribution in [3.8, 4) is 0 Å². The van der Waals surface area contributed by atoms with Gasteiger partial charge in [-0.1, -0.05) is 18.2 Å². The minimum Gasteiger partial charge on any atom is -0.321 e. The van der Waals surface area contributed by atoms with Crippen LogP contribution >= 0.6 is 15.9 Å². The predicted octanol–water partition coefficient (Wildman–Crippen LogP) is 3.17.